The molecule has 0 spiro atoms. The maximum atomic E-state index is 13.9. The first-order valence-corrected chi connectivity index (χ1v) is 14.7. The van der Waals surface area contributed by atoms with Crippen molar-refractivity contribution in [3.05, 3.63) is 70.5 Å². The molecule has 0 aliphatic carbocycles. The lowest BCUT2D eigenvalue weighted by atomic mass is 10.2. The van der Waals surface area contributed by atoms with Crippen LogP contribution in [0.15, 0.2) is 69.3 Å². The zero-order valence-electron chi connectivity index (χ0n) is 20.6. The van der Waals surface area contributed by atoms with E-state index in [0.29, 0.717) is 5.52 Å². The molecule has 0 aliphatic heterocycles. The van der Waals surface area contributed by atoms with Gasteiger partial charge in [0.25, 0.3) is 0 Å². The van der Waals surface area contributed by atoms with Crippen LogP contribution in [0.1, 0.15) is 15.9 Å². The van der Waals surface area contributed by atoms with Gasteiger partial charge in [0.15, 0.2) is 14.6 Å². The molecule has 13 heteroatoms. The molecule has 0 bridgehead atoms. The Kier molecular flexibility index (Phi) is 7.63. The van der Waals surface area contributed by atoms with E-state index < -0.39 is 38.0 Å². The van der Waals surface area contributed by atoms with Gasteiger partial charge >= 0.3 is 5.97 Å². The van der Waals surface area contributed by atoms with Crippen molar-refractivity contribution in [3.8, 4) is 11.5 Å². The number of H-pyrrole nitrogens is 2. The van der Waals surface area contributed by atoms with Crippen molar-refractivity contribution in [2.75, 3.05) is 26.6 Å². The molecule has 0 atom stereocenters. The van der Waals surface area contributed by atoms with E-state index in [4.69, 9.17) is 26.4 Å². The van der Waals surface area contributed by atoms with Crippen molar-refractivity contribution in [2.45, 2.75) is 21.6 Å². The molecule has 0 aliphatic rings. The van der Waals surface area contributed by atoms with Gasteiger partial charge in [-0.2, -0.15) is 0 Å². The number of hydrogen-bond acceptors (Lipinski definition) is 9. The van der Waals surface area contributed by atoms with Gasteiger partial charge in [-0.1, -0.05) is 17.7 Å². The summed E-state index contributed by atoms with van der Waals surface area (Å²) in [6.45, 7) is 1.42. The van der Waals surface area contributed by atoms with Crippen LogP contribution >= 0.6 is 12.2 Å². The van der Waals surface area contributed by atoms with Crippen LogP contribution in [0.25, 0.3) is 11.0 Å². The van der Waals surface area contributed by atoms with Gasteiger partial charge in [-0.05, 0) is 61.6 Å². The number of carbonyl (C=O) groups is 1. The number of imidazole rings is 1. The molecule has 3 aromatic carbocycles. The van der Waals surface area contributed by atoms with Crippen LogP contribution in [-0.2, 0) is 24.4 Å². The van der Waals surface area contributed by atoms with Gasteiger partial charge in [-0.3, -0.25) is 0 Å². The predicted molar refractivity (Wildman–Crippen MR) is 142 cm³/mol. The average Bonchev–Trinajstić information content (AvgIpc) is 3.27. The number of aromatic nitrogens is 2. The van der Waals surface area contributed by atoms with Gasteiger partial charge in [-0.25, -0.2) is 21.6 Å². The molecule has 0 saturated carbocycles. The summed E-state index contributed by atoms with van der Waals surface area (Å²) in [5, 5.41) is 0. The van der Waals surface area contributed by atoms with Crippen LogP contribution in [0.5, 0.6) is 11.5 Å². The Morgan fingerprint density at radius 1 is 0.895 bits per heavy atom. The maximum Gasteiger partial charge on any atom is 0.338 e. The second-order valence-electron chi connectivity index (χ2n) is 8.24. The Morgan fingerprint density at radius 3 is 2.21 bits per heavy atom. The van der Waals surface area contributed by atoms with E-state index in [-0.39, 0.29) is 42.0 Å². The number of aryl methyl sites for hydroxylation is 1. The monoisotopic (exact) mass is 576 g/mol. The molecule has 200 valence electrons. The first kappa shape index (κ1) is 27.4. The fourth-order valence-corrected chi connectivity index (χ4v) is 6.87. The highest BCUT2D eigenvalue weighted by Crippen LogP contribution is 2.38. The highest BCUT2D eigenvalue weighted by molar-refractivity contribution is 7.92. The van der Waals surface area contributed by atoms with Gasteiger partial charge in [-0.15, -0.1) is 0 Å². The van der Waals surface area contributed by atoms with E-state index in [1.807, 2.05) is 6.92 Å². The minimum absolute atomic E-state index is 0.0170. The third-order valence-corrected chi connectivity index (χ3v) is 9.49. The number of fused-ring (bicyclic) bond motifs is 1. The topological polar surface area (TPSA) is 145 Å². The standard InChI is InChI=1S/C25H24N2O8S3/c1-15-4-7-17(8-5-15)37(29,30)13-12-35-24(28)16-6-10-19(33-2)21(14-16)38(31,32)23-20(34-3)11-9-18-22(23)27-25(36)26-18/h4-11,14H,12-13H2,1-3H3,(H2,26,27,36). The normalized spacial score (nSPS) is 11.9. The van der Waals surface area contributed by atoms with Gasteiger partial charge < -0.3 is 24.2 Å². The van der Waals surface area contributed by atoms with E-state index in [2.05, 4.69) is 9.97 Å². The molecule has 0 amide bonds. The summed E-state index contributed by atoms with van der Waals surface area (Å²) in [5.74, 6) is -1.29. The number of rotatable bonds is 9. The first-order valence-electron chi connectivity index (χ1n) is 11.2. The lowest BCUT2D eigenvalue weighted by Crippen LogP contribution is -2.16. The minimum atomic E-state index is -4.33. The smallest absolute Gasteiger partial charge is 0.338 e. The van der Waals surface area contributed by atoms with Crippen LogP contribution in [-0.4, -0.2) is 59.4 Å². The second kappa shape index (κ2) is 10.6. The van der Waals surface area contributed by atoms with Crippen molar-refractivity contribution < 1.29 is 35.8 Å². The molecular formula is C25H24N2O8S3. The number of nitrogens with one attached hydrogen (secondary N) is 2. The Morgan fingerprint density at radius 2 is 1.55 bits per heavy atom. The molecule has 10 nitrogen and oxygen atoms in total. The molecule has 0 unspecified atom stereocenters. The molecule has 0 radical (unpaired) electrons. The third kappa shape index (κ3) is 5.30. The number of carbonyl (C=O) groups excluding carboxylic acids is 1. The maximum absolute atomic E-state index is 13.9. The average molecular weight is 577 g/mol. The quantitative estimate of drug-likeness (QED) is 0.223. The van der Waals surface area contributed by atoms with Crippen molar-refractivity contribution in [1.82, 2.24) is 9.97 Å². The summed E-state index contributed by atoms with van der Waals surface area (Å²) in [4.78, 5) is 18.1. The minimum Gasteiger partial charge on any atom is -0.495 e. The summed E-state index contributed by atoms with van der Waals surface area (Å²) in [6, 6.07) is 13.2. The summed E-state index contributed by atoms with van der Waals surface area (Å²) >= 11 is 5.12. The van der Waals surface area contributed by atoms with Gasteiger partial charge in [0.05, 0.1) is 41.5 Å². The van der Waals surface area contributed by atoms with Crippen LogP contribution < -0.4 is 9.47 Å². The largest absolute Gasteiger partial charge is 0.495 e. The predicted octanol–water partition coefficient (Wildman–Crippen LogP) is 4.01. The molecule has 38 heavy (non-hydrogen) atoms. The Hall–Kier alpha value is -3.68. The van der Waals surface area contributed by atoms with E-state index in [1.54, 1.807) is 18.2 Å². The van der Waals surface area contributed by atoms with Crippen molar-refractivity contribution >= 4 is 48.9 Å². The Bertz CT molecular complexity index is 1790. The SMILES string of the molecule is COc1ccc(C(=O)OCCS(=O)(=O)c2ccc(C)cc2)cc1S(=O)(=O)c1c(OC)ccc2[nH]c(=S)[nH]c12. The first-order chi connectivity index (χ1) is 18.0. The number of aromatic amines is 2. The molecule has 0 saturated heterocycles. The molecule has 2 N–H and O–H groups in total. The number of sulfone groups is 2. The van der Waals surface area contributed by atoms with Crippen LogP contribution in [0.2, 0.25) is 0 Å². The van der Waals surface area contributed by atoms with Crippen molar-refractivity contribution in [1.29, 1.82) is 0 Å². The summed E-state index contributed by atoms with van der Waals surface area (Å²) in [5.41, 5.74) is 1.45. The summed E-state index contributed by atoms with van der Waals surface area (Å²) in [7, 11) is -5.38. The highest BCUT2D eigenvalue weighted by atomic mass is 32.2. The fraction of sp³-hybridized carbons (Fsp3) is 0.200. The van der Waals surface area contributed by atoms with Gasteiger partial charge in [0, 0.05) is 0 Å². The molecular weight excluding hydrogens is 552 g/mol. The lowest BCUT2D eigenvalue weighted by molar-refractivity contribution is 0.0529. The zero-order valence-corrected chi connectivity index (χ0v) is 23.1. The molecule has 1 heterocycles. The number of hydrogen-bond donors (Lipinski definition) is 2. The summed E-state index contributed by atoms with van der Waals surface area (Å²) < 4.78 is 68.8. The number of methoxy groups -OCH3 is 2. The van der Waals surface area contributed by atoms with Crippen LogP contribution in [0.3, 0.4) is 0 Å². The van der Waals surface area contributed by atoms with Crippen molar-refractivity contribution in [2.24, 2.45) is 0 Å². The van der Waals surface area contributed by atoms with E-state index in [0.717, 1.165) is 11.6 Å². The van der Waals surface area contributed by atoms with Crippen molar-refractivity contribution in [3.63, 3.8) is 0 Å². The van der Waals surface area contributed by atoms with E-state index in [9.17, 15) is 21.6 Å². The molecule has 0 fully saturated rings. The Labute approximate surface area is 224 Å². The van der Waals surface area contributed by atoms with Crippen LogP contribution in [0.4, 0.5) is 0 Å². The van der Waals surface area contributed by atoms with Crippen LogP contribution in [0, 0.1) is 11.7 Å². The second-order valence-corrected chi connectivity index (χ2v) is 12.6. The number of benzene rings is 3. The Balaban J connectivity index is 1.65. The van der Waals surface area contributed by atoms with E-state index >= 15 is 0 Å². The molecule has 4 rings (SSSR count). The third-order valence-electron chi connectivity index (χ3n) is 5.75. The van der Waals surface area contributed by atoms with Gasteiger partial charge in [0.2, 0.25) is 9.84 Å². The number of ether oxygens (including phenoxy) is 3. The lowest BCUT2D eigenvalue weighted by Gasteiger charge is -2.14. The highest BCUT2D eigenvalue weighted by Gasteiger charge is 2.30. The zero-order chi connectivity index (χ0) is 27.7. The summed E-state index contributed by atoms with van der Waals surface area (Å²) in [6.07, 6.45) is 0. The number of esters is 1. The van der Waals surface area contributed by atoms with E-state index in [1.165, 1.54) is 44.6 Å². The fourth-order valence-electron chi connectivity index (χ4n) is 3.80. The molecule has 4 aromatic rings. The van der Waals surface area contributed by atoms with Gasteiger partial charge in [0.1, 0.15) is 27.9 Å². The molecule has 1 aromatic heterocycles.